The molecule has 3 fully saturated rings. The molecule has 39 heavy (non-hydrogen) atoms. The smallest absolute Gasteiger partial charge is 0.344 e. The molecule has 3 aliphatic rings. The number of aryl methyl sites for hydroxylation is 1. The highest BCUT2D eigenvalue weighted by molar-refractivity contribution is 7.22. The van der Waals surface area contributed by atoms with Gasteiger partial charge in [0, 0.05) is 36.4 Å². The normalized spacial score (nSPS) is 22.1. The van der Waals surface area contributed by atoms with Gasteiger partial charge in [-0.2, -0.15) is 0 Å². The van der Waals surface area contributed by atoms with Gasteiger partial charge in [0.2, 0.25) is 0 Å². The SMILES string of the molecule is Cc1cccc(Cl)c1-c1noc(C2CC2)c1C(=O)O[C@H]1C[C@@H]2C[C@H]1CN2c1nc2c(F)cc(C(=O)O)cc2s1. The summed E-state index contributed by atoms with van der Waals surface area (Å²) in [6.07, 6.45) is 3.06. The number of carboxylic acids is 1. The van der Waals surface area contributed by atoms with E-state index in [1.54, 1.807) is 6.07 Å². The highest BCUT2D eigenvalue weighted by Gasteiger charge is 2.48. The number of nitrogens with zero attached hydrogens (tertiary/aromatic N) is 3. The van der Waals surface area contributed by atoms with Crippen molar-refractivity contribution in [3.05, 3.63) is 63.6 Å². The Morgan fingerprint density at radius 2 is 2.08 bits per heavy atom. The van der Waals surface area contributed by atoms with Gasteiger partial charge in [0.05, 0.1) is 15.3 Å². The predicted octanol–water partition coefficient (Wildman–Crippen LogP) is 6.45. The van der Waals surface area contributed by atoms with Gasteiger partial charge in [-0.25, -0.2) is 19.0 Å². The molecule has 0 radical (unpaired) electrons. The Hall–Kier alpha value is -3.50. The van der Waals surface area contributed by atoms with Crippen LogP contribution in [0.1, 0.15) is 63.6 Å². The summed E-state index contributed by atoms with van der Waals surface area (Å²) in [6.45, 7) is 2.54. The summed E-state index contributed by atoms with van der Waals surface area (Å²) in [5.74, 6) is -1.45. The number of aromatic nitrogens is 2. The fourth-order valence-electron chi connectivity index (χ4n) is 5.93. The number of piperidine rings is 1. The highest BCUT2D eigenvalue weighted by Crippen LogP contribution is 2.47. The minimum Gasteiger partial charge on any atom is -0.478 e. The molecular weight excluding hydrogens is 545 g/mol. The molecule has 8 nitrogen and oxygen atoms in total. The zero-order chi connectivity index (χ0) is 27.0. The second kappa shape index (κ2) is 9.02. The first-order valence-electron chi connectivity index (χ1n) is 12.8. The average Bonchev–Trinajstić information content (AvgIpc) is 3.23. The van der Waals surface area contributed by atoms with Crippen molar-refractivity contribution in [3.63, 3.8) is 0 Å². The molecule has 0 amide bonds. The molecule has 3 atom stereocenters. The van der Waals surface area contributed by atoms with Gasteiger partial charge in [-0.05, 0) is 49.9 Å². The number of hydrogen-bond donors (Lipinski definition) is 1. The highest BCUT2D eigenvalue weighted by atomic mass is 35.5. The predicted molar refractivity (Wildman–Crippen MR) is 143 cm³/mol. The van der Waals surface area contributed by atoms with Crippen LogP contribution in [0.25, 0.3) is 21.5 Å². The molecule has 1 aliphatic heterocycles. The first kappa shape index (κ1) is 24.5. The summed E-state index contributed by atoms with van der Waals surface area (Å²) >= 11 is 7.79. The van der Waals surface area contributed by atoms with Gasteiger partial charge < -0.3 is 19.3 Å². The number of anilines is 1. The number of carbonyl (C=O) groups excluding carboxylic acids is 1. The van der Waals surface area contributed by atoms with Crippen LogP contribution < -0.4 is 4.90 Å². The minimum absolute atomic E-state index is 0.0889. The molecule has 0 unspecified atom stereocenters. The fraction of sp³-hybridized carbons (Fsp3) is 0.357. The Morgan fingerprint density at radius 3 is 2.77 bits per heavy atom. The molecule has 2 aliphatic carbocycles. The number of fused-ring (bicyclic) bond motifs is 3. The van der Waals surface area contributed by atoms with Crippen molar-refractivity contribution in [2.75, 3.05) is 11.4 Å². The number of carboxylic acid groups (broad SMARTS) is 1. The van der Waals surface area contributed by atoms with E-state index in [0.717, 1.165) is 30.9 Å². The lowest BCUT2D eigenvalue weighted by atomic mass is 10.00. The number of halogens is 2. The maximum atomic E-state index is 14.5. The number of esters is 1. The summed E-state index contributed by atoms with van der Waals surface area (Å²) in [5, 5.41) is 14.7. The van der Waals surface area contributed by atoms with Gasteiger partial charge in [-0.3, -0.25) is 0 Å². The summed E-state index contributed by atoms with van der Waals surface area (Å²) in [5.41, 5.74) is 2.43. The molecule has 11 heteroatoms. The third-order valence-electron chi connectivity index (χ3n) is 7.99. The Kier molecular flexibility index (Phi) is 5.68. The maximum absolute atomic E-state index is 14.5. The molecule has 2 bridgehead atoms. The van der Waals surface area contributed by atoms with Gasteiger partial charge in [-0.15, -0.1) is 0 Å². The van der Waals surface area contributed by atoms with Crippen LogP contribution in [0.5, 0.6) is 0 Å². The lowest BCUT2D eigenvalue weighted by molar-refractivity contribution is 0.0191. The first-order valence-corrected chi connectivity index (χ1v) is 14.0. The lowest BCUT2D eigenvalue weighted by Crippen LogP contribution is -2.39. The van der Waals surface area contributed by atoms with Crippen LogP contribution in [-0.4, -0.2) is 45.9 Å². The van der Waals surface area contributed by atoms with E-state index in [-0.39, 0.29) is 35.1 Å². The van der Waals surface area contributed by atoms with E-state index in [2.05, 4.69) is 15.0 Å². The minimum atomic E-state index is -1.18. The summed E-state index contributed by atoms with van der Waals surface area (Å²) in [6, 6.07) is 8.08. The fourth-order valence-corrected chi connectivity index (χ4v) is 7.34. The van der Waals surface area contributed by atoms with E-state index >= 15 is 0 Å². The van der Waals surface area contributed by atoms with Crippen LogP contribution in [0.3, 0.4) is 0 Å². The van der Waals surface area contributed by atoms with Gasteiger partial charge in [0.25, 0.3) is 0 Å². The third kappa shape index (κ3) is 4.08. The van der Waals surface area contributed by atoms with Gasteiger partial charge in [0.1, 0.15) is 22.9 Å². The van der Waals surface area contributed by atoms with Gasteiger partial charge >= 0.3 is 11.9 Å². The second-order valence-electron chi connectivity index (χ2n) is 10.6. The molecule has 2 aromatic carbocycles. The summed E-state index contributed by atoms with van der Waals surface area (Å²) in [7, 11) is 0. The number of hydrogen-bond acceptors (Lipinski definition) is 8. The second-order valence-corrected chi connectivity index (χ2v) is 12.0. The van der Waals surface area contributed by atoms with E-state index in [1.165, 1.54) is 17.4 Å². The van der Waals surface area contributed by atoms with E-state index < -0.39 is 17.8 Å². The van der Waals surface area contributed by atoms with Crippen molar-refractivity contribution >= 4 is 50.2 Å². The Balaban J connectivity index is 1.12. The largest absolute Gasteiger partial charge is 0.478 e. The zero-order valence-electron chi connectivity index (χ0n) is 20.8. The van der Waals surface area contributed by atoms with Crippen LogP contribution in [-0.2, 0) is 4.74 Å². The average molecular weight is 568 g/mol. The van der Waals surface area contributed by atoms with Crippen molar-refractivity contribution < 1.29 is 28.3 Å². The number of aromatic carboxylic acids is 1. The van der Waals surface area contributed by atoms with Crippen LogP contribution in [0, 0.1) is 18.7 Å². The van der Waals surface area contributed by atoms with Crippen molar-refractivity contribution in [1.29, 1.82) is 0 Å². The molecular formula is C28H23ClFN3O5S. The molecule has 200 valence electrons. The van der Waals surface area contributed by atoms with E-state index in [0.29, 0.717) is 50.4 Å². The van der Waals surface area contributed by atoms with Crippen LogP contribution in [0.15, 0.2) is 34.9 Å². The van der Waals surface area contributed by atoms with Crippen LogP contribution in [0.2, 0.25) is 5.02 Å². The number of rotatable bonds is 6. The van der Waals surface area contributed by atoms with Gasteiger partial charge in [-0.1, -0.05) is 40.2 Å². The lowest BCUT2D eigenvalue weighted by Gasteiger charge is -2.31. The molecule has 0 spiro atoms. The van der Waals surface area contributed by atoms with Crippen molar-refractivity contribution in [2.24, 2.45) is 5.92 Å². The van der Waals surface area contributed by atoms with Crippen molar-refractivity contribution in [2.45, 2.75) is 50.7 Å². The number of ether oxygens (including phenoxy) is 1. The monoisotopic (exact) mass is 567 g/mol. The molecule has 1 saturated heterocycles. The first-order chi connectivity index (χ1) is 18.8. The van der Waals surface area contributed by atoms with E-state index in [4.69, 9.17) is 20.9 Å². The molecule has 1 N–H and O–H groups in total. The standard InChI is InChI=1S/C28H23ClFN3O5S/c1-12-3-2-4-17(29)21(12)24-22(25(38-32-24)13-5-6-13)27(36)37-19-10-16-7-15(19)11-33(16)28-31-23-18(30)8-14(26(34)35)9-20(23)39-28/h2-4,8-9,13,15-16,19H,5-7,10-11H2,1H3,(H,34,35)/t15-,16-,19-/m0/s1. The quantitative estimate of drug-likeness (QED) is 0.265. The molecule has 2 saturated carbocycles. The van der Waals surface area contributed by atoms with Crippen LogP contribution >= 0.6 is 22.9 Å². The third-order valence-corrected chi connectivity index (χ3v) is 9.35. The zero-order valence-corrected chi connectivity index (χ0v) is 22.4. The molecule has 4 aromatic rings. The van der Waals surface area contributed by atoms with Crippen molar-refractivity contribution in [1.82, 2.24) is 10.1 Å². The van der Waals surface area contributed by atoms with E-state index in [9.17, 15) is 19.1 Å². The Bertz CT molecular complexity index is 1640. The Labute approximate surface area is 231 Å². The summed E-state index contributed by atoms with van der Waals surface area (Å²) in [4.78, 5) is 31.5. The van der Waals surface area contributed by atoms with E-state index in [1.807, 2.05) is 19.1 Å². The number of carbonyl (C=O) groups is 2. The molecule has 2 aromatic heterocycles. The van der Waals surface area contributed by atoms with Crippen LogP contribution in [0.4, 0.5) is 9.52 Å². The topological polar surface area (TPSA) is 106 Å². The Morgan fingerprint density at radius 1 is 1.26 bits per heavy atom. The number of benzene rings is 2. The van der Waals surface area contributed by atoms with Crippen molar-refractivity contribution in [3.8, 4) is 11.3 Å². The summed E-state index contributed by atoms with van der Waals surface area (Å²) < 4.78 is 26.8. The number of thiazole rings is 1. The molecule has 7 rings (SSSR count). The van der Waals surface area contributed by atoms with Gasteiger partial charge in [0.15, 0.2) is 16.7 Å². The molecule has 3 heterocycles. The maximum Gasteiger partial charge on any atom is 0.344 e.